The van der Waals surface area contributed by atoms with Crippen LogP contribution in [0.25, 0.3) is 22.2 Å². The lowest BCUT2D eigenvalue weighted by Crippen LogP contribution is -2.14. The van der Waals surface area contributed by atoms with E-state index >= 15 is 0 Å². The smallest absolute Gasteiger partial charge is 0.407 e. The number of rotatable bonds is 4. The molecule has 1 amide bonds. The number of aryl methyl sites for hydroxylation is 1. The molecule has 1 aliphatic rings. The van der Waals surface area contributed by atoms with Crippen molar-refractivity contribution in [2.24, 2.45) is 7.05 Å². The Morgan fingerprint density at radius 2 is 1.87 bits per heavy atom. The largest absolute Gasteiger partial charge is 0.419 e. The van der Waals surface area contributed by atoms with Gasteiger partial charge < -0.3 is 9.73 Å². The van der Waals surface area contributed by atoms with E-state index in [2.05, 4.69) is 5.32 Å². The van der Waals surface area contributed by atoms with E-state index in [1.165, 1.54) is 22.8 Å². The highest BCUT2D eigenvalue weighted by atomic mass is 35.5. The van der Waals surface area contributed by atoms with Crippen molar-refractivity contribution in [3.63, 3.8) is 0 Å². The van der Waals surface area contributed by atoms with E-state index in [1.807, 2.05) is 24.3 Å². The zero-order valence-electron chi connectivity index (χ0n) is 16.6. The third-order valence-electron chi connectivity index (χ3n) is 5.63. The van der Waals surface area contributed by atoms with Crippen LogP contribution in [0, 0.1) is 5.82 Å². The molecule has 1 saturated carbocycles. The lowest BCUT2D eigenvalue weighted by atomic mass is 9.95. The number of halogens is 2. The van der Waals surface area contributed by atoms with Gasteiger partial charge in [-0.15, -0.1) is 0 Å². The minimum Gasteiger partial charge on any atom is -0.407 e. The molecule has 0 bridgehead atoms. The number of hydrogen-bond acceptors (Lipinski definition) is 3. The molecule has 4 aromatic rings. The number of anilines is 1. The maximum absolute atomic E-state index is 14.0. The summed E-state index contributed by atoms with van der Waals surface area (Å²) in [6, 6.07) is 15.3. The van der Waals surface area contributed by atoms with Crippen LogP contribution in [-0.4, -0.2) is 10.5 Å². The first-order chi connectivity index (χ1) is 14.9. The lowest BCUT2D eigenvalue weighted by molar-refractivity contribution is 0.102. The molecular weight excluding hydrogens is 419 g/mol. The number of nitrogens with one attached hydrogen (secondary N) is 1. The summed E-state index contributed by atoms with van der Waals surface area (Å²) in [6.07, 6.45) is 2.12. The van der Waals surface area contributed by atoms with Gasteiger partial charge in [0, 0.05) is 18.3 Å². The van der Waals surface area contributed by atoms with E-state index in [4.69, 9.17) is 16.0 Å². The van der Waals surface area contributed by atoms with Gasteiger partial charge >= 0.3 is 5.76 Å². The van der Waals surface area contributed by atoms with Crippen LogP contribution < -0.4 is 11.1 Å². The molecule has 1 aliphatic carbocycles. The molecule has 31 heavy (non-hydrogen) atoms. The summed E-state index contributed by atoms with van der Waals surface area (Å²) in [7, 11) is 1.70. The second kappa shape index (κ2) is 7.39. The van der Waals surface area contributed by atoms with Crippen LogP contribution >= 0.6 is 11.6 Å². The molecule has 1 fully saturated rings. The zero-order chi connectivity index (χ0) is 21.7. The van der Waals surface area contributed by atoms with Gasteiger partial charge in [-0.2, -0.15) is 0 Å². The SMILES string of the molecule is Cn1c(=O)oc2c(C3CC3)c(-c3ccc(NC(=O)c4c(F)cccc4Cl)cc3)ccc21. The third kappa shape index (κ3) is 3.43. The molecule has 5 rings (SSSR count). The number of carbonyl (C=O) groups is 1. The lowest BCUT2D eigenvalue weighted by Gasteiger charge is -2.12. The van der Waals surface area contributed by atoms with Crippen molar-refractivity contribution in [1.82, 2.24) is 4.57 Å². The van der Waals surface area contributed by atoms with Crippen molar-refractivity contribution < 1.29 is 13.6 Å². The van der Waals surface area contributed by atoms with E-state index in [0.717, 1.165) is 35.0 Å². The van der Waals surface area contributed by atoms with Gasteiger partial charge in [0.15, 0.2) is 5.58 Å². The maximum Gasteiger partial charge on any atom is 0.419 e. The minimum atomic E-state index is -0.673. The van der Waals surface area contributed by atoms with E-state index in [9.17, 15) is 14.0 Å². The van der Waals surface area contributed by atoms with Crippen molar-refractivity contribution >= 4 is 34.3 Å². The average molecular weight is 437 g/mol. The molecule has 1 N–H and O–H groups in total. The molecule has 0 radical (unpaired) electrons. The summed E-state index contributed by atoms with van der Waals surface area (Å²) < 4.78 is 21.0. The second-order valence-electron chi connectivity index (χ2n) is 7.70. The molecule has 0 atom stereocenters. The first-order valence-electron chi connectivity index (χ1n) is 9.92. The molecule has 0 saturated heterocycles. The minimum absolute atomic E-state index is 0.0563. The molecule has 0 spiro atoms. The van der Waals surface area contributed by atoms with Gasteiger partial charge in [-0.3, -0.25) is 9.36 Å². The molecule has 1 heterocycles. The van der Waals surface area contributed by atoms with E-state index < -0.39 is 11.7 Å². The van der Waals surface area contributed by atoms with Crippen molar-refractivity contribution in [2.45, 2.75) is 18.8 Å². The molecule has 156 valence electrons. The topological polar surface area (TPSA) is 64.2 Å². The van der Waals surface area contributed by atoms with Crippen molar-refractivity contribution in [2.75, 3.05) is 5.32 Å². The van der Waals surface area contributed by atoms with Crippen LogP contribution in [-0.2, 0) is 7.05 Å². The standard InChI is InChI=1S/C24H18ClFN2O3/c1-28-19-12-11-16(20(14-5-6-14)22(19)31-24(28)30)13-7-9-15(10-8-13)27-23(29)21-17(25)3-2-4-18(21)26/h2-4,7-12,14H,5-6H2,1H3,(H,27,29). The Labute approximate surface area is 182 Å². The monoisotopic (exact) mass is 436 g/mol. The Morgan fingerprint density at radius 1 is 1.13 bits per heavy atom. The van der Waals surface area contributed by atoms with E-state index in [1.54, 1.807) is 19.2 Å². The zero-order valence-corrected chi connectivity index (χ0v) is 17.4. The number of hydrogen-bond donors (Lipinski definition) is 1. The maximum atomic E-state index is 14.0. The van der Waals surface area contributed by atoms with Gasteiger partial charge in [0.25, 0.3) is 5.91 Å². The van der Waals surface area contributed by atoms with Gasteiger partial charge in [-0.25, -0.2) is 9.18 Å². The highest BCUT2D eigenvalue weighted by Gasteiger charge is 2.30. The summed E-state index contributed by atoms with van der Waals surface area (Å²) in [5.74, 6) is -1.29. The van der Waals surface area contributed by atoms with Crippen LogP contribution in [0.15, 0.2) is 63.8 Å². The van der Waals surface area contributed by atoms with Crippen molar-refractivity contribution in [1.29, 1.82) is 0 Å². The fraction of sp³-hybridized carbons (Fsp3) is 0.167. The summed E-state index contributed by atoms with van der Waals surface area (Å²) in [6.45, 7) is 0. The third-order valence-corrected chi connectivity index (χ3v) is 5.94. The normalized spacial score (nSPS) is 13.5. The number of oxazole rings is 1. The number of nitrogens with zero attached hydrogens (tertiary/aromatic N) is 1. The molecule has 3 aromatic carbocycles. The summed E-state index contributed by atoms with van der Waals surface area (Å²) in [4.78, 5) is 24.5. The number of carbonyl (C=O) groups excluding carboxylic acids is 1. The molecule has 0 unspecified atom stereocenters. The Balaban J connectivity index is 1.48. The van der Waals surface area contributed by atoms with Gasteiger partial charge in [0.05, 0.1) is 16.1 Å². The Bertz CT molecular complexity index is 1360. The average Bonchev–Trinajstić information content (AvgIpc) is 3.54. The predicted octanol–water partition coefficient (Wildman–Crippen LogP) is 5.72. The quantitative estimate of drug-likeness (QED) is 0.445. The van der Waals surface area contributed by atoms with E-state index in [-0.39, 0.29) is 16.3 Å². The highest BCUT2D eigenvalue weighted by molar-refractivity contribution is 6.34. The second-order valence-corrected chi connectivity index (χ2v) is 8.11. The molecule has 0 aliphatic heterocycles. The van der Waals surface area contributed by atoms with Gasteiger partial charge in [-0.05, 0) is 60.2 Å². The summed E-state index contributed by atoms with van der Waals surface area (Å²) >= 11 is 5.98. The van der Waals surface area contributed by atoms with Gasteiger partial charge in [0.2, 0.25) is 0 Å². The van der Waals surface area contributed by atoms with Gasteiger partial charge in [0.1, 0.15) is 5.82 Å². The highest BCUT2D eigenvalue weighted by Crippen LogP contribution is 2.47. The van der Waals surface area contributed by atoms with Gasteiger partial charge in [-0.1, -0.05) is 35.9 Å². The Kier molecular flexibility index (Phi) is 4.67. The van der Waals surface area contributed by atoms with Crippen LogP contribution in [0.5, 0.6) is 0 Å². The fourth-order valence-electron chi connectivity index (χ4n) is 3.88. The number of fused-ring (bicyclic) bond motifs is 1. The fourth-order valence-corrected chi connectivity index (χ4v) is 4.13. The first kappa shape index (κ1) is 19.6. The van der Waals surface area contributed by atoms with Crippen molar-refractivity contribution in [3.05, 3.63) is 87.1 Å². The number of benzene rings is 3. The molecule has 1 aromatic heterocycles. The van der Waals surface area contributed by atoms with E-state index in [0.29, 0.717) is 17.2 Å². The molecule has 7 heteroatoms. The number of amides is 1. The molecule has 5 nitrogen and oxygen atoms in total. The Morgan fingerprint density at radius 3 is 2.55 bits per heavy atom. The molecular formula is C24H18ClFN2O3. The first-order valence-corrected chi connectivity index (χ1v) is 10.3. The van der Waals surface area contributed by atoms with Crippen molar-refractivity contribution in [3.8, 4) is 11.1 Å². The summed E-state index contributed by atoms with van der Waals surface area (Å²) in [5, 5.41) is 2.74. The summed E-state index contributed by atoms with van der Waals surface area (Å²) in [5.41, 5.74) is 4.74. The van der Waals surface area contributed by atoms with Crippen LogP contribution in [0.3, 0.4) is 0 Å². The van der Waals surface area contributed by atoms with Crippen LogP contribution in [0.4, 0.5) is 10.1 Å². The Hall–Kier alpha value is -3.38. The van der Waals surface area contributed by atoms with Crippen LogP contribution in [0.2, 0.25) is 5.02 Å². The number of aromatic nitrogens is 1. The predicted molar refractivity (Wildman–Crippen MR) is 118 cm³/mol. The van der Waals surface area contributed by atoms with Crippen LogP contribution in [0.1, 0.15) is 34.7 Å².